The lowest BCUT2D eigenvalue weighted by molar-refractivity contribution is -0.122. The first-order valence-corrected chi connectivity index (χ1v) is 6.72. The monoisotopic (exact) mass is 264 g/mol. The first-order chi connectivity index (χ1) is 8.99. The van der Waals surface area contributed by atoms with Crippen LogP contribution in [0.25, 0.3) is 0 Å². The van der Waals surface area contributed by atoms with Crippen LogP contribution in [0.15, 0.2) is 24.3 Å². The van der Waals surface area contributed by atoms with E-state index in [1.165, 1.54) is 0 Å². The molecule has 1 aromatic carbocycles. The van der Waals surface area contributed by atoms with Gasteiger partial charge in [0.1, 0.15) is 12.4 Å². The molecule has 0 aliphatic heterocycles. The van der Waals surface area contributed by atoms with Gasteiger partial charge in [-0.3, -0.25) is 4.79 Å². The van der Waals surface area contributed by atoms with E-state index < -0.39 is 6.04 Å². The molecule has 0 fully saturated rings. The highest BCUT2D eigenvalue weighted by Crippen LogP contribution is 2.11. The fourth-order valence-corrected chi connectivity index (χ4v) is 1.79. The predicted molar refractivity (Wildman–Crippen MR) is 77.1 cm³/mol. The molecule has 106 valence electrons. The minimum atomic E-state index is -0.432. The van der Waals surface area contributed by atoms with Crippen LogP contribution in [-0.2, 0) is 4.79 Å². The zero-order valence-corrected chi connectivity index (χ0v) is 12.0. The maximum Gasteiger partial charge on any atom is 0.237 e. The van der Waals surface area contributed by atoms with Gasteiger partial charge < -0.3 is 15.8 Å². The molecule has 4 heteroatoms. The van der Waals surface area contributed by atoms with E-state index in [0.717, 1.165) is 11.3 Å². The summed E-state index contributed by atoms with van der Waals surface area (Å²) in [6, 6.07) is 7.39. The van der Waals surface area contributed by atoms with E-state index >= 15 is 0 Å². The number of hydrogen-bond donors (Lipinski definition) is 2. The van der Waals surface area contributed by atoms with Crippen molar-refractivity contribution in [1.82, 2.24) is 5.32 Å². The molecule has 1 amide bonds. The van der Waals surface area contributed by atoms with Crippen LogP contribution in [0.4, 0.5) is 0 Å². The van der Waals surface area contributed by atoms with Crippen molar-refractivity contribution in [1.29, 1.82) is 0 Å². The van der Waals surface area contributed by atoms with Gasteiger partial charge in [-0.05, 0) is 37.0 Å². The first kappa shape index (κ1) is 15.5. The number of benzene rings is 1. The molecule has 0 aromatic heterocycles. The predicted octanol–water partition coefficient (Wildman–Crippen LogP) is 1.86. The molecule has 19 heavy (non-hydrogen) atoms. The second kappa shape index (κ2) is 7.79. The molecular weight excluding hydrogens is 240 g/mol. The number of carbonyl (C=O) groups is 1. The summed E-state index contributed by atoms with van der Waals surface area (Å²) in [4.78, 5) is 11.7. The number of hydrogen-bond acceptors (Lipinski definition) is 3. The maximum atomic E-state index is 11.7. The summed E-state index contributed by atoms with van der Waals surface area (Å²) in [5, 5.41) is 2.78. The maximum absolute atomic E-state index is 11.7. The van der Waals surface area contributed by atoms with Crippen molar-refractivity contribution in [3.63, 3.8) is 0 Å². The Morgan fingerprint density at radius 3 is 2.79 bits per heavy atom. The van der Waals surface area contributed by atoms with Gasteiger partial charge in [-0.1, -0.05) is 26.0 Å². The van der Waals surface area contributed by atoms with Crippen LogP contribution in [0.5, 0.6) is 5.75 Å². The van der Waals surface area contributed by atoms with E-state index in [9.17, 15) is 4.79 Å². The summed E-state index contributed by atoms with van der Waals surface area (Å²) in [7, 11) is 0. The third-order valence-electron chi connectivity index (χ3n) is 2.72. The number of aryl methyl sites for hydroxylation is 1. The van der Waals surface area contributed by atoms with Crippen LogP contribution in [-0.4, -0.2) is 25.1 Å². The van der Waals surface area contributed by atoms with Gasteiger partial charge in [-0.25, -0.2) is 0 Å². The van der Waals surface area contributed by atoms with Crippen LogP contribution in [0.2, 0.25) is 0 Å². The van der Waals surface area contributed by atoms with E-state index in [0.29, 0.717) is 25.5 Å². The standard InChI is InChI=1S/C15H24N2O2/c1-11(2)9-14(16)15(18)17-7-8-19-13-6-4-5-12(3)10-13/h4-6,10-11,14H,7-9,16H2,1-3H3,(H,17,18). The summed E-state index contributed by atoms with van der Waals surface area (Å²) >= 11 is 0. The van der Waals surface area contributed by atoms with Crippen LogP contribution in [0.3, 0.4) is 0 Å². The molecule has 1 atom stereocenters. The molecule has 0 saturated heterocycles. The minimum Gasteiger partial charge on any atom is -0.492 e. The lowest BCUT2D eigenvalue weighted by Crippen LogP contribution is -2.42. The highest BCUT2D eigenvalue weighted by atomic mass is 16.5. The average Bonchev–Trinajstić information content (AvgIpc) is 2.33. The molecule has 0 aliphatic rings. The summed E-state index contributed by atoms with van der Waals surface area (Å²) < 4.78 is 5.54. The minimum absolute atomic E-state index is 0.110. The van der Waals surface area contributed by atoms with Gasteiger partial charge in [0.05, 0.1) is 12.6 Å². The zero-order chi connectivity index (χ0) is 14.3. The fourth-order valence-electron chi connectivity index (χ4n) is 1.79. The highest BCUT2D eigenvalue weighted by molar-refractivity contribution is 5.81. The summed E-state index contributed by atoms with van der Waals surface area (Å²) in [6.45, 7) is 7.03. The van der Waals surface area contributed by atoms with E-state index in [1.807, 2.05) is 45.0 Å². The van der Waals surface area contributed by atoms with Gasteiger partial charge in [0, 0.05) is 0 Å². The topological polar surface area (TPSA) is 64.3 Å². The van der Waals surface area contributed by atoms with Crippen molar-refractivity contribution < 1.29 is 9.53 Å². The number of nitrogens with two attached hydrogens (primary N) is 1. The van der Waals surface area contributed by atoms with Crippen LogP contribution in [0.1, 0.15) is 25.8 Å². The second-order valence-electron chi connectivity index (χ2n) is 5.19. The third kappa shape index (κ3) is 6.25. The highest BCUT2D eigenvalue weighted by Gasteiger charge is 2.13. The van der Waals surface area contributed by atoms with E-state index in [2.05, 4.69) is 5.32 Å². The molecule has 1 unspecified atom stereocenters. The molecular formula is C15H24N2O2. The Balaban J connectivity index is 2.22. The van der Waals surface area contributed by atoms with Crippen molar-refractivity contribution in [3.05, 3.63) is 29.8 Å². The molecule has 1 rings (SSSR count). The summed E-state index contributed by atoms with van der Waals surface area (Å²) in [5.41, 5.74) is 6.93. The summed E-state index contributed by atoms with van der Waals surface area (Å²) in [5.74, 6) is 1.13. The smallest absolute Gasteiger partial charge is 0.237 e. The molecule has 0 radical (unpaired) electrons. The number of nitrogens with one attached hydrogen (secondary N) is 1. The van der Waals surface area contributed by atoms with Crippen molar-refractivity contribution in [3.8, 4) is 5.75 Å². The van der Waals surface area contributed by atoms with Crippen molar-refractivity contribution in [2.75, 3.05) is 13.2 Å². The molecule has 4 nitrogen and oxygen atoms in total. The number of ether oxygens (including phenoxy) is 1. The van der Waals surface area contributed by atoms with Crippen molar-refractivity contribution in [2.45, 2.75) is 33.2 Å². The molecule has 1 aromatic rings. The molecule has 0 bridgehead atoms. The van der Waals surface area contributed by atoms with Gasteiger partial charge in [0.25, 0.3) is 0 Å². The van der Waals surface area contributed by atoms with Gasteiger partial charge in [-0.2, -0.15) is 0 Å². The fraction of sp³-hybridized carbons (Fsp3) is 0.533. The largest absolute Gasteiger partial charge is 0.492 e. The Morgan fingerprint density at radius 2 is 2.16 bits per heavy atom. The molecule has 3 N–H and O–H groups in total. The lowest BCUT2D eigenvalue weighted by Gasteiger charge is -2.14. The Morgan fingerprint density at radius 1 is 1.42 bits per heavy atom. The average molecular weight is 264 g/mol. The van der Waals surface area contributed by atoms with E-state index in [1.54, 1.807) is 0 Å². The lowest BCUT2D eigenvalue weighted by atomic mass is 10.0. The molecule has 0 heterocycles. The second-order valence-corrected chi connectivity index (χ2v) is 5.19. The van der Waals surface area contributed by atoms with Crippen LogP contribution < -0.4 is 15.8 Å². The Kier molecular flexibility index (Phi) is 6.36. The van der Waals surface area contributed by atoms with Gasteiger partial charge in [-0.15, -0.1) is 0 Å². The van der Waals surface area contributed by atoms with Gasteiger partial charge >= 0.3 is 0 Å². The quantitative estimate of drug-likeness (QED) is 0.739. The van der Waals surface area contributed by atoms with Crippen molar-refractivity contribution in [2.24, 2.45) is 11.7 Å². The SMILES string of the molecule is Cc1cccc(OCCNC(=O)C(N)CC(C)C)c1. The third-order valence-corrected chi connectivity index (χ3v) is 2.72. The number of amides is 1. The van der Waals surface area contributed by atoms with Crippen LogP contribution in [0, 0.1) is 12.8 Å². The summed E-state index contributed by atoms with van der Waals surface area (Å²) in [6.07, 6.45) is 0.699. The normalized spacial score (nSPS) is 12.3. The molecule has 0 aliphatic carbocycles. The number of carbonyl (C=O) groups excluding carboxylic acids is 1. The van der Waals surface area contributed by atoms with E-state index in [4.69, 9.17) is 10.5 Å². The van der Waals surface area contributed by atoms with Crippen LogP contribution >= 0.6 is 0 Å². The van der Waals surface area contributed by atoms with Gasteiger partial charge in [0.2, 0.25) is 5.91 Å². The molecule has 0 spiro atoms. The Hall–Kier alpha value is -1.55. The Bertz CT molecular complexity index is 405. The Labute approximate surface area is 115 Å². The molecule has 0 saturated carbocycles. The van der Waals surface area contributed by atoms with Gasteiger partial charge in [0.15, 0.2) is 0 Å². The van der Waals surface area contributed by atoms with E-state index in [-0.39, 0.29) is 5.91 Å². The zero-order valence-electron chi connectivity index (χ0n) is 12.0. The number of rotatable bonds is 7. The first-order valence-electron chi connectivity index (χ1n) is 6.72. The van der Waals surface area contributed by atoms with Crippen molar-refractivity contribution >= 4 is 5.91 Å².